The molecule has 2 N–H and O–H groups in total. The second kappa shape index (κ2) is 6.86. The van der Waals surface area contributed by atoms with Gasteiger partial charge in [-0.15, -0.1) is 0 Å². The highest BCUT2D eigenvalue weighted by molar-refractivity contribution is 5.73. The molecule has 0 saturated carbocycles. The number of hydrogen-bond donors (Lipinski definition) is 2. The van der Waals surface area contributed by atoms with E-state index in [9.17, 15) is 4.79 Å². The summed E-state index contributed by atoms with van der Waals surface area (Å²) >= 11 is 0. The van der Waals surface area contributed by atoms with Gasteiger partial charge < -0.3 is 10.4 Å². The first-order valence-corrected chi connectivity index (χ1v) is 6.35. The lowest BCUT2D eigenvalue weighted by molar-refractivity contribution is -0.139. The van der Waals surface area contributed by atoms with Crippen molar-refractivity contribution in [1.29, 1.82) is 0 Å². The Kier molecular flexibility index (Phi) is 5.77. The van der Waals surface area contributed by atoms with Crippen molar-refractivity contribution >= 4 is 5.97 Å². The molecule has 16 heavy (non-hydrogen) atoms. The van der Waals surface area contributed by atoms with Gasteiger partial charge in [0.2, 0.25) is 0 Å². The van der Waals surface area contributed by atoms with Gasteiger partial charge in [0.1, 0.15) is 6.04 Å². The number of nitrogens with one attached hydrogen (secondary N) is 1. The van der Waals surface area contributed by atoms with E-state index in [2.05, 4.69) is 17.1 Å². The van der Waals surface area contributed by atoms with E-state index >= 15 is 0 Å². The lowest BCUT2D eigenvalue weighted by atomic mass is 10.1. The van der Waals surface area contributed by atoms with Gasteiger partial charge >= 0.3 is 5.97 Å². The molecule has 1 saturated heterocycles. The highest BCUT2D eigenvalue weighted by atomic mass is 16.4. The zero-order valence-corrected chi connectivity index (χ0v) is 10.4. The van der Waals surface area contributed by atoms with Gasteiger partial charge in [0.25, 0.3) is 0 Å². The van der Waals surface area contributed by atoms with Crippen molar-refractivity contribution in [3.63, 3.8) is 0 Å². The van der Waals surface area contributed by atoms with Gasteiger partial charge in [-0.25, -0.2) is 0 Å². The lowest BCUT2D eigenvalue weighted by Crippen LogP contribution is -2.45. The zero-order chi connectivity index (χ0) is 12.0. The van der Waals surface area contributed by atoms with Crippen LogP contribution in [0, 0.1) is 0 Å². The minimum atomic E-state index is -0.726. The number of nitrogens with zero attached hydrogens (tertiary/aromatic N) is 1. The van der Waals surface area contributed by atoms with Gasteiger partial charge in [0.05, 0.1) is 0 Å². The minimum absolute atomic E-state index is 0.380. The second-order valence-electron chi connectivity index (χ2n) is 4.68. The number of rotatable bonds is 7. The molecule has 94 valence electrons. The summed E-state index contributed by atoms with van der Waals surface area (Å²) in [6.07, 6.45) is 4.17. The van der Waals surface area contributed by atoms with Crippen LogP contribution in [0.5, 0.6) is 0 Å². The number of likely N-dealkylation sites (tertiary alicyclic amines) is 1. The summed E-state index contributed by atoms with van der Waals surface area (Å²) in [6.45, 7) is 7.28. The van der Waals surface area contributed by atoms with E-state index < -0.39 is 5.97 Å². The number of aliphatic carboxylic acids is 1. The van der Waals surface area contributed by atoms with E-state index in [1.807, 2.05) is 6.92 Å². The Labute approximate surface area is 98.0 Å². The monoisotopic (exact) mass is 228 g/mol. The van der Waals surface area contributed by atoms with Gasteiger partial charge in [-0.05, 0) is 39.3 Å². The molecule has 0 amide bonds. The molecule has 0 aliphatic carbocycles. The molecule has 1 fully saturated rings. The molecule has 1 rings (SSSR count). The Bertz CT molecular complexity index is 215. The molecular weight excluding hydrogens is 204 g/mol. The van der Waals surface area contributed by atoms with E-state index in [1.54, 1.807) is 0 Å². The number of carboxylic acids is 1. The molecule has 2 unspecified atom stereocenters. The first-order chi connectivity index (χ1) is 7.65. The molecule has 0 bridgehead atoms. The second-order valence-corrected chi connectivity index (χ2v) is 4.68. The van der Waals surface area contributed by atoms with Crippen molar-refractivity contribution in [2.24, 2.45) is 0 Å². The minimum Gasteiger partial charge on any atom is -0.480 e. The fourth-order valence-electron chi connectivity index (χ4n) is 2.23. The van der Waals surface area contributed by atoms with Crippen molar-refractivity contribution < 1.29 is 9.90 Å². The molecule has 0 spiro atoms. The molecule has 0 aromatic rings. The van der Waals surface area contributed by atoms with Gasteiger partial charge in [-0.1, -0.05) is 13.3 Å². The summed E-state index contributed by atoms with van der Waals surface area (Å²) < 4.78 is 0. The van der Waals surface area contributed by atoms with Crippen LogP contribution in [0.15, 0.2) is 0 Å². The molecule has 4 heteroatoms. The smallest absolute Gasteiger partial charge is 0.320 e. The Morgan fingerprint density at radius 3 is 2.56 bits per heavy atom. The Morgan fingerprint density at radius 1 is 1.44 bits per heavy atom. The molecular formula is C12H24N2O2. The third-order valence-electron chi connectivity index (χ3n) is 3.30. The molecule has 2 atom stereocenters. The van der Waals surface area contributed by atoms with Gasteiger partial charge in [-0.3, -0.25) is 9.69 Å². The SMILES string of the molecule is CCCC(NCC(C)N1CCCC1)C(=O)O. The van der Waals surface area contributed by atoms with E-state index in [0.29, 0.717) is 12.5 Å². The maximum atomic E-state index is 10.9. The standard InChI is InChI=1S/C12H24N2O2/c1-3-6-11(12(15)16)13-9-10(2)14-7-4-5-8-14/h10-11,13H,3-9H2,1-2H3,(H,15,16). The summed E-state index contributed by atoms with van der Waals surface area (Å²) in [7, 11) is 0. The fraction of sp³-hybridized carbons (Fsp3) is 0.917. The van der Waals surface area contributed by atoms with E-state index in [4.69, 9.17) is 5.11 Å². The average molecular weight is 228 g/mol. The first kappa shape index (κ1) is 13.5. The van der Waals surface area contributed by atoms with Crippen LogP contribution in [0.2, 0.25) is 0 Å². The predicted octanol–water partition coefficient (Wildman–Crippen LogP) is 1.31. The number of carboxylic acid groups (broad SMARTS) is 1. The molecule has 1 aliphatic heterocycles. The van der Waals surface area contributed by atoms with Crippen LogP contribution in [0.4, 0.5) is 0 Å². The zero-order valence-electron chi connectivity index (χ0n) is 10.4. The van der Waals surface area contributed by atoms with Gasteiger partial charge in [0, 0.05) is 12.6 Å². The van der Waals surface area contributed by atoms with Crippen LogP contribution in [-0.2, 0) is 4.79 Å². The third-order valence-corrected chi connectivity index (χ3v) is 3.30. The van der Waals surface area contributed by atoms with Gasteiger partial charge in [0.15, 0.2) is 0 Å². The van der Waals surface area contributed by atoms with E-state index in [1.165, 1.54) is 12.8 Å². The first-order valence-electron chi connectivity index (χ1n) is 6.35. The highest BCUT2D eigenvalue weighted by Crippen LogP contribution is 2.11. The maximum absolute atomic E-state index is 10.9. The largest absolute Gasteiger partial charge is 0.480 e. The fourth-order valence-corrected chi connectivity index (χ4v) is 2.23. The van der Waals surface area contributed by atoms with Crippen molar-refractivity contribution in [2.45, 2.75) is 51.6 Å². The van der Waals surface area contributed by atoms with Crippen LogP contribution in [0.25, 0.3) is 0 Å². The molecule has 0 aromatic carbocycles. The van der Waals surface area contributed by atoms with Crippen LogP contribution >= 0.6 is 0 Å². The summed E-state index contributed by atoms with van der Waals surface area (Å²) in [4.78, 5) is 13.4. The third kappa shape index (κ3) is 4.10. The predicted molar refractivity (Wildman–Crippen MR) is 64.6 cm³/mol. The maximum Gasteiger partial charge on any atom is 0.320 e. The summed E-state index contributed by atoms with van der Waals surface area (Å²) in [5, 5.41) is 12.2. The van der Waals surface area contributed by atoms with Crippen molar-refractivity contribution in [1.82, 2.24) is 10.2 Å². The van der Waals surface area contributed by atoms with Crippen LogP contribution in [0.3, 0.4) is 0 Å². The average Bonchev–Trinajstić information content (AvgIpc) is 2.76. The number of carbonyl (C=O) groups is 1. The van der Waals surface area contributed by atoms with Gasteiger partial charge in [-0.2, -0.15) is 0 Å². The molecule has 0 radical (unpaired) electrons. The van der Waals surface area contributed by atoms with Crippen molar-refractivity contribution in [3.8, 4) is 0 Å². The van der Waals surface area contributed by atoms with E-state index in [0.717, 1.165) is 26.1 Å². The Morgan fingerprint density at radius 2 is 2.06 bits per heavy atom. The Hall–Kier alpha value is -0.610. The molecule has 4 nitrogen and oxygen atoms in total. The summed E-state index contributed by atoms with van der Waals surface area (Å²) in [5.41, 5.74) is 0. The summed E-state index contributed by atoms with van der Waals surface area (Å²) in [6, 6.07) is 0.0660. The normalized spacial score (nSPS) is 20.9. The van der Waals surface area contributed by atoms with Crippen LogP contribution in [-0.4, -0.2) is 47.7 Å². The Balaban J connectivity index is 2.27. The topological polar surface area (TPSA) is 52.6 Å². The lowest BCUT2D eigenvalue weighted by Gasteiger charge is -2.25. The molecule has 1 heterocycles. The van der Waals surface area contributed by atoms with E-state index in [-0.39, 0.29) is 6.04 Å². The van der Waals surface area contributed by atoms with Crippen molar-refractivity contribution in [3.05, 3.63) is 0 Å². The van der Waals surface area contributed by atoms with Crippen LogP contribution < -0.4 is 5.32 Å². The quantitative estimate of drug-likeness (QED) is 0.690. The highest BCUT2D eigenvalue weighted by Gasteiger charge is 2.21. The van der Waals surface area contributed by atoms with Crippen LogP contribution in [0.1, 0.15) is 39.5 Å². The number of hydrogen-bond acceptors (Lipinski definition) is 3. The van der Waals surface area contributed by atoms with Crippen molar-refractivity contribution in [2.75, 3.05) is 19.6 Å². The summed E-state index contributed by atoms with van der Waals surface area (Å²) in [5.74, 6) is -0.726. The molecule has 1 aliphatic rings. The molecule has 0 aromatic heterocycles.